The summed E-state index contributed by atoms with van der Waals surface area (Å²) >= 11 is 0. The number of carboxylic acids is 1. The zero-order valence-corrected chi connectivity index (χ0v) is 9.18. The Morgan fingerprint density at radius 3 is 2.69 bits per heavy atom. The molecule has 5 heteroatoms. The van der Waals surface area contributed by atoms with Crippen molar-refractivity contribution in [2.75, 3.05) is 30.3 Å². The largest absolute Gasteiger partial charge is 0.478 e. The average molecular weight is 224 g/mol. The normalized spacial score (nSPS) is 10.1. The van der Waals surface area contributed by atoms with E-state index in [9.17, 15) is 4.79 Å². The van der Waals surface area contributed by atoms with Gasteiger partial charge in [0.2, 0.25) is 0 Å². The maximum absolute atomic E-state index is 11.1. The van der Waals surface area contributed by atoms with E-state index in [4.69, 9.17) is 15.9 Å². The van der Waals surface area contributed by atoms with E-state index < -0.39 is 5.97 Å². The van der Waals surface area contributed by atoms with Gasteiger partial charge in [-0.1, -0.05) is 6.07 Å². The molecule has 0 saturated carbocycles. The van der Waals surface area contributed by atoms with Crippen molar-refractivity contribution in [3.63, 3.8) is 0 Å². The van der Waals surface area contributed by atoms with Crippen LogP contribution < -0.4 is 10.6 Å². The number of hydrogen-bond donors (Lipinski definition) is 3. The van der Waals surface area contributed by atoms with Gasteiger partial charge in [0, 0.05) is 13.1 Å². The monoisotopic (exact) mass is 224 g/mol. The maximum Gasteiger partial charge on any atom is 0.337 e. The number of para-hydroxylation sites is 1. The van der Waals surface area contributed by atoms with Gasteiger partial charge in [-0.15, -0.1) is 0 Å². The predicted molar refractivity (Wildman–Crippen MR) is 62.8 cm³/mol. The van der Waals surface area contributed by atoms with Crippen molar-refractivity contribution in [2.24, 2.45) is 0 Å². The van der Waals surface area contributed by atoms with Crippen molar-refractivity contribution >= 4 is 17.3 Å². The fraction of sp³-hybridized carbons (Fsp3) is 0.364. The summed E-state index contributed by atoms with van der Waals surface area (Å²) < 4.78 is 0. The van der Waals surface area contributed by atoms with E-state index in [1.165, 1.54) is 6.07 Å². The molecular formula is C11H16N2O3. The minimum absolute atomic E-state index is 0.0404. The fourth-order valence-electron chi connectivity index (χ4n) is 1.64. The van der Waals surface area contributed by atoms with Gasteiger partial charge in [0.15, 0.2) is 0 Å². The molecule has 0 unspecified atom stereocenters. The van der Waals surface area contributed by atoms with Crippen LogP contribution in [-0.2, 0) is 0 Å². The van der Waals surface area contributed by atoms with E-state index in [1.807, 2.05) is 6.92 Å². The molecule has 0 aromatic heterocycles. The van der Waals surface area contributed by atoms with Crippen molar-refractivity contribution in [1.29, 1.82) is 0 Å². The smallest absolute Gasteiger partial charge is 0.337 e. The Morgan fingerprint density at radius 2 is 2.19 bits per heavy atom. The van der Waals surface area contributed by atoms with Crippen molar-refractivity contribution in [3.8, 4) is 0 Å². The highest BCUT2D eigenvalue weighted by Crippen LogP contribution is 2.27. The first-order valence-corrected chi connectivity index (χ1v) is 5.09. The molecule has 0 radical (unpaired) electrons. The fourth-order valence-corrected chi connectivity index (χ4v) is 1.64. The SMILES string of the molecule is CCN(CCO)c1c(N)cccc1C(=O)O. The summed E-state index contributed by atoms with van der Waals surface area (Å²) in [5.41, 5.74) is 6.83. The van der Waals surface area contributed by atoms with Crippen LogP contribution in [0.5, 0.6) is 0 Å². The van der Waals surface area contributed by atoms with E-state index in [-0.39, 0.29) is 12.2 Å². The van der Waals surface area contributed by atoms with Gasteiger partial charge in [-0.25, -0.2) is 4.79 Å². The summed E-state index contributed by atoms with van der Waals surface area (Å²) in [5.74, 6) is -1.02. The first kappa shape index (κ1) is 12.3. The van der Waals surface area contributed by atoms with Crippen LogP contribution in [0, 0.1) is 0 Å². The molecule has 0 atom stereocenters. The van der Waals surface area contributed by atoms with Gasteiger partial charge in [0.05, 0.1) is 23.5 Å². The maximum atomic E-state index is 11.1. The lowest BCUT2D eigenvalue weighted by Crippen LogP contribution is -2.28. The van der Waals surface area contributed by atoms with Gasteiger partial charge in [-0.05, 0) is 19.1 Å². The third-order valence-electron chi connectivity index (χ3n) is 2.37. The minimum atomic E-state index is -1.02. The highest BCUT2D eigenvalue weighted by atomic mass is 16.4. The van der Waals surface area contributed by atoms with Crippen LogP contribution in [0.15, 0.2) is 18.2 Å². The molecule has 0 bridgehead atoms. The van der Waals surface area contributed by atoms with Gasteiger partial charge in [0.1, 0.15) is 0 Å². The van der Waals surface area contributed by atoms with Crippen LogP contribution in [0.25, 0.3) is 0 Å². The van der Waals surface area contributed by atoms with Crippen LogP contribution in [0.3, 0.4) is 0 Å². The van der Waals surface area contributed by atoms with E-state index >= 15 is 0 Å². The lowest BCUT2D eigenvalue weighted by Gasteiger charge is -2.25. The molecule has 0 spiro atoms. The van der Waals surface area contributed by atoms with Crippen LogP contribution in [-0.4, -0.2) is 35.9 Å². The van der Waals surface area contributed by atoms with Crippen LogP contribution >= 0.6 is 0 Å². The van der Waals surface area contributed by atoms with Gasteiger partial charge in [0.25, 0.3) is 0 Å². The molecule has 1 aromatic rings. The number of aliphatic hydroxyl groups is 1. The summed E-state index contributed by atoms with van der Waals surface area (Å²) in [6, 6.07) is 4.77. The first-order chi connectivity index (χ1) is 7.61. The van der Waals surface area contributed by atoms with Crippen molar-refractivity contribution in [2.45, 2.75) is 6.92 Å². The number of benzene rings is 1. The standard InChI is InChI=1S/C11H16N2O3/c1-2-13(6-7-14)10-8(11(15)16)4-3-5-9(10)12/h3-5,14H,2,6-7,12H2,1H3,(H,15,16). The first-order valence-electron chi connectivity index (χ1n) is 5.09. The molecule has 0 saturated heterocycles. The Bertz CT molecular complexity index is 379. The molecule has 1 aromatic carbocycles. The van der Waals surface area contributed by atoms with Gasteiger partial charge < -0.3 is 20.8 Å². The van der Waals surface area contributed by atoms with Crippen LogP contribution in [0.1, 0.15) is 17.3 Å². The summed E-state index contributed by atoms with van der Waals surface area (Å²) in [6.07, 6.45) is 0. The molecule has 0 aliphatic heterocycles. The van der Waals surface area contributed by atoms with E-state index in [1.54, 1.807) is 17.0 Å². The predicted octanol–water partition coefficient (Wildman–Crippen LogP) is 0.786. The van der Waals surface area contributed by atoms with Crippen molar-refractivity contribution in [1.82, 2.24) is 0 Å². The van der Waals surface area contributed by atoms with Gasteiger partial charge in [-0.3, -0.25) is 0 Å². The molecule has 4 N–H and O–H groups in total. The number of carbonyl (C=O) groups is 1. The quantitative estimate of drug-likeness (QED) is 0.643. The molecule has 88 valence electrons. The second-order valence-electron chi connectivity index (χ2n) is 3.35. The number of nitrogens with zero attached hydrogens (tertiary/aromatic N) is 1. The topological polar surface area (TPSA) is 86.8 Å². The van der Waals surface area contributed by atoms with Crippen molar-refractivity contribution in [3.05, 3.63) is 23.8 Å². The zero-order chi connectivity index (χ0) is 12.1. The van der Waals surface area contributed by atoms with Crippen molar-refractivity contribution < 1.29 is 15.0 Å². The zero-order valence-electron chi connectivity index (χ0n) is 9.18. The molecule has 0 aliphatic rings. The molecule has 0 aliphatic carbocycles. The van der Waals surface area contributed by atoms with E-state index in [2.05, 4.69) is 0 Å². The molecule has 0 fully saturated rings. The van der Waals surface area contributed by atoms with Crippen LogP contribution in [0.2, 0.25) is 0 Å². The van der Waals surface area contributed by atoms with E-state index in [0.29, 0.717) is 24.5 Å². The highest BCUT2D eigenvalue weighted by Gasteiger charge is 2.17. The Hall–Kier alpha value is -1.75. The second kappa shape index (κ2) is 5.37. The number of nitrogen functional groups attached to an aromatic ring is 1. The number of nitrogens with two attached hydrogens (primary N) is 1. The number of anilines is 2. The molecular weight excluding hydrogens is 208 g/mol. The number of rotatable bonds is 5. The Morgan fingerprint density at radius 1 is 1.50 bits per heavy atom. The molecule has 0 heterocycles. The Labute approximate surface area is 94.1 Å². The number of carboxylic acid groups (broad SMARTS) is 1. The number of likely N-dealkylation sites (N-methyl/N-ethyl adjacent to an activating group) is 1. The number of aliphatic hydroxyl groups excluding tert-OH is 1. The highest BCUT2D eigenvalue weighted by molar-refractivity contribution is 5.98. The average Bonchev–Trinajstić information content (AvgIpc) is 2.26. The summed E-state index contributed by atoms with van der Waals surface area (Å²) in [4.78, 5) is 12.8. The Kier molecular flexibility index (Phi) is 4.13. The third kappa shape index (κ3) is 2.43. The van der Waals surface area contributed by atoms with E-state index in [0.717, 1.165) is 0 Å². The second-order valence-corrected chi connectivity index (χ2v) is 3.35. The van der Waals surface area contributed by atoms with Gasteiger partial charge in [-0.2, -0.15) is 0 Å². The number of aromatic carboxylic acids is 1. The lowest BCUT2D eigenvalue weighted by atomic mass is 10.1. The summed E-state index contributed by atoms with van der Waals surface area (Å²) in [6.45, 7) is 2.80. The number of hydrogen-bond acceptors (Lipinski definition) is 4. The molecule has 16 heavy (non-hydrogen) atoms. The molecule has 1 rings (SSSR count). The molecule has 5 nitrogen and oxygen atoms in total. The Balaban J connectivity index is 3.22. The third-order valence-corrected chi connectivity index (χ3v) is 2.37. The van der Waals surface area contributed by atoms with Gasteiger partial charge >= 0.3 is 5.97 Å². The summed E-state index contributed by atoms with van der Waals surface area (Å²) in [7, 11) is 0. The molecule has 0 amide bonds. The lowest BCUT2D eigenvalue weighted by molar-refractivity contribution is 0.0697. The van der Waals surface area contributed by atoms with Crippen LogP contribution in [0.4, 0.5) is 11.4 Å². The minimum Gasteiger partial charge on any atom is -0.478 e. The summed E-state index contributed by atoms with van der Waals surface area (Å²) in [5, 5.41) is 18.0.